The van der Waals surface area contributed by atoms with Crippen LogP contribution < -0.4 is 11.1 Å². The Hall–Kier alpha value is -1.82. The molecule has 2 aromatic rings. The van der Waals surface area contributed by atoms with Crippen LogP contribution in [0.2, 0.25) is 0 Å². The van der Waals surface area contributed by atoms with Gasteiger partial charge in [-0.05, 0) is 11.1 Å². The fraction of sp³-hybridized carbons (Fsp3) is 0.350. The average Bonchev–Trinajstić information content (AvgIpc) is 2.69. The second-order valence-electron chi connectivity index (χ2n) is 6.22. The number of amides is 1. The monoisotopic (exact) mass is 355 g/mol. The predicted molar refractivity (Wildman–Crippen MR) is 104 cm³/mol. The van der Waals surface area contributed by atoms with Crippen LogP contribution in [0.1, 0.15) is 23.2 Å². The van der Waals surface area contributed by atoms with Crippen molar-refractivity contribution in [2.45, 2.75) is 12.1 Å². The summed E-state index contributed by atoms with van der Waals surface area (Å²) < 4.78 is 0. The van der Waals surface area contributed by atoms with Crippen molar-refractivity contribution in [2.75, 3.05) is 31.1 Å². The number of carbonyl (C=O) groups is 1. The first kappa shape index (κ1) is 18.0. The Morgan fingerprint density at radius 2 is 1.56 bits per heavy atom. The van der Waals surface area contributed by atoms with E-state index in [0.717, 1.165) is 35.7 Å². The topological polar surface area (TPSA) is 58.4 Å². The van der Waals surface area contributed by atoms with E-state index in [9.17, 15) is 4.79 Å². The summed E-state index contributed by atoms with van der Waals surface area (Å²) in [5.41, 5.74) is 8.31. The Labute approximate surface area is 153 Å². The molecule has 0 saturated carbocycles. The highest BCUT2D eigenvalue weighted by Gasteiger charge is 2.28. The summed E-state index contributed by atoms with van der Waals surface area (Å²) in [7, 11) is 0. The van der Waals surface area contributed by atoms with E-state index in [1.165, 1.54) is 0 Å². The van der Waals surface area contributed by atoms with Gasteiger partial charge in [-0.3, -0.25) is 9.69 Å². The minimum absolute atomic E-state index is 0.0319. The standard InChI is InChI=1S/C20H25N3OS/c21-18(16-7-3-1-4-8-16)15-22-20(24)19(17-9-5-2-6-10-17)23-11-13-25-14-12-23/h1-10,18-19H,11-15,21H2,(H,22,24). The van der Waals surface area contributed by atoms with Crippen molar-refractivity contribution in [1.29, 1.82) is 0 Å². The minimum atomic E-state index is -0.245. The molecule has 1 aliphatic rings. The highest BCUT2D eigenvalue weighted by atomic mass is 32.2. The molecule has 4 nitrogen and oxygen atoms in total. The third-order valence-electron chi connectivity index (χ3n) is 4.50. The number of nitrogens with zero attached hydrogens (tertiary/aromatic N) is 1. The van der Waals surface area contributed by atoms with E-state index in [0.29, 0.717) is 6.54 Å². The fourth-order valence-corrected chi connectivity index (χ4v) is 4.06. The van der Waals surface area contributed by atoms with Gasteiger partial charge in [-0.1, -0.05) is 60.7 Å². The summed E-state index contributed by atoms with van der Waals surface area (Å²) in [6.07, 6.45) is 0. The number of thioether (sulfide) groups is 1. The molecule has 2 aromatic carbocycles. The quantitative estimate of drug-likeness (QED) is 0.836. The molecule has 1 aliphatic heterocycles. The number of hydrogen-bond acceptors (Lipinski definition) is 4. The van der Waals surface area contributed by atoms with Crippen LogP contribution in [0.4, 0.5) is 0 Å². The molecule has 0 radical (unpaired) electrons. The van der Waals surface area contributed by atoms with E-state index in [4.69, 9.17) is 5.73 Å². The second kappa shape index (κ2) is 9.04. The van der Waals surface area contributed by atoms with Crippen molar-refractivity contribution in [3.8, 4) is 0 Å². The highest BCUT2D eigenvalue weighted by molar-refractivity contribution is 7.99. The molecule has 3 N–H and O–H groups in total. The lowest BCUT2D eigenvalue weighted by Gasteiger charge is -2.33. The van der Waals surface area contributed by atoms with Gasteiger partial charge in [0.25, 0.3) is 0 Å². The van der Waals surface area contributed by atoms with Crippen molar-refractivity contribution in [3.05, 3.63) is 71.8 Å². The van der Waals surface area contributed by atoms with Crippen LogP contribution in [0.3, 0.4) is 0 Å². The molecule has 2 unspecified atom stereocenters. The van der Waals surface area contributed by atoms with E-state index < -0.39 is 0 Å². The number of hydrogen-bond donors (Lipinski definition) is 2. The summed E-state index contributed by atoms with van der Waals surface area (Å²) in [4.78, 5) is 15.2. The molecule has 3 rings (SSSR count). The molecule has 1 amide bonds. The molecule has 1 fully saturated rings. The van der Waals surface area contributed by atoms with Crippen LogP contribution in [0.5, 0.6) is 0 Å². The molecule has 5 heteroatoms. The molecule has 0 aliphatic carbocycles. The molecule has 25 heavy (non-hydrogen) atoms. The molecule has 2 atom stereocenters. The molecule has 0 aromatic heterocycles. The van der Waals surface area contributed by atoms with E-state index in [-0.39, 0.29) is 18.0 Å². The fourth-order valence-electron chi connectivity index (χ4n) is 3.12. The first-order valence-corrected chi connectivity index (χ1v) is 9.86. The Bertz CT molecular complexity index is 659. The van der Waals surface area contributed by atoms with Gasteiger partial charge in [0.1, 0.15) is 6.04 Å². The molecular weight excluding hydrogens is 330 g/mol. The number of nitrogens with one attached hydrogen (secondary N) is 1. The van der Waals surface area contributed by atoms with Gasteiger partial charge in [-0.25, -0.2) is 0 Å². The van der Waals surface area contributed by atoms with Crippen LogP contribution in [-0.2, 0) is 4.79 Å². The van der Waals surface area contributed by atoms with Gasteiger partial charge in [0.2, 0.25) is 5.91 Å². The van der Waals surface area contributed by atoms with Gasteiger partial charge < -0.3 is 11.1 Å². The van der Waals surface area contributed by atoms with Crippen LogP contribution in [0.25, 0.3) is 0 Å². The zero-order chi connectivity index (χ0) is 17.5. The summed E-state index contributed by atoms with van der Waals surface area (Å²) in [6, 6.07) is 19.5. The average molecular weight is 356 g/mol. The number of benzene rings is 2. The summed E-state index contributed by atoms with van der Waals surface area (Å²) in [5, 5.41) is 3.06. The van der Waals surface area contributed by atoms with Crippen molar-refractivity contribution in [3.63, 3.8) is 0 Å². The first-order valence-electron chi connectivity index (χ1n) is 8.70. The third kappa shape index (κ3) is 4.84. The molecule has 1 saturated heterocycles. The van der Waals surface area contributed by atoms with Crippen LogP contribution in [0, 0.1) is 0 Å². The van der Waals surface area contributed by atoms with E-state index in [1.807, 2.05) is 72.4 Å². The molecule has 0 bridgehead atoms. The lowest BCUT2D eigenvalue weighted by atomic mass is 10.0. The Balaban J connectivity index is 1.68. The maximum absolute atomic E-state index is 13.0. The normalized spacial score (nSPS) is 17.6. The smallest absolute Gasteiger partial charge is 0.242 e. The van der Waals surface area contributed by atoms with Crippen molar-refractivity contribution >= 4 is 17.7 Å². The molecule has 132 valence electrons. The lowest BCUT2D eigenvalue weighted by Crippen LogP contribution is -2.45. The molecule has 1 heterocycles. The third-order valence-corrected chi connectivity index (χ3v) is 5.44. The number of rotatable bonds is 6. The van der Waals surface area contributed by atoms with Crippen molar-refractivity contribution in [1.82, 2.24) is 10.2 Å². The predicted octanol–water partition coefficient (Wildman–Crippen LogP) is 2.59. The van der Waals surface area contributed by atoms with Gasteiger partial charge >= 0.3 is 0 Å². The van der Waals surface area contributed by atoms with Gasteiger partial charge in [-0.15, -0.1) is 0 Å². The number of nitrogens with two attached hydrogens (primary N) is 1. The summed E-state index contributed by atoms with van der Waals surface area (Å²) in [5.74, 6) is 2.17. The second-order valence-corrected chi connectivity index (χ2v) is 7.45. The van der Waals surface area contributed by atoms with Crippen molar-refractivity contribution < 1.29 is 4.79 Å². The highest BCUT2D eigenvalue weighted by Crippen LogP contribution is 2.24. The SMILES string of the molecule is NC(CNC(=O)C(c1ccccc1)N1CCSCC1)c1ccccc1. The Kier molecular flexibility index (Phi) is 6.50. The first-order chi connectivity index (χ1) is 12.3. The van der Waals surface area contributed by atoms with E-state index in [2.05, 4.69) is 10.2 Å². The zero-order valence-electron chi connectivity index (χ0n) is 14.3. The largest absolute Gasteiger partial charge is 0.353 e. The van der Waals surface area contributed by atoms with Gasteiger partial charge in [0.15, 0.2) is 0 Å². The molecular formula is C20H25N3OS. The maximum atomic E-state index is 13.0. The van der Waals surface area contributed by atoms with E-state index in [1.54, 1.807) is 0 Å². The van der Waals surface area contributed by atoms with E-state index >= 15 is 0 Å². The summed E-state index contributed by atoms with van der Waals surface area (Å²) >= 11 is 1.95. The van der Waals surface area contributed by atoms with Gasteiger partial charge in [-0.2, -0.15) is 11.8 Å². The lowest BCUT2D eigenvalue weighted by molar-refractivity contribution is -0.126. The van der Waals surface area contributed by atoms with Crippen molar-refractivity contribution in [2.24, 2.45) is 5.73 Å². The maximum Gasteiger partial charge on any atom is 0.242 e. The Morgan fingerprint density at radius 3 is 2.16 bits per heavy atom. The minimum Gasteiger partial charge on any atom is -0.353 e. The Morgan fingerprint density at radius 1 is 1.00 bits per heavy atom. The van der Waals surface area contributed by atoms with Crippen LogP contribution in [0.15, 0.2) is 60.7 Å². The number of carbonyl (C=O) groups excluding carboxylic acids is 1. The van der Waals surface area contributed by atoms with Gasteiger partial charge in [0, 0.05) is 37.2 Å². The van der Waals surface area contributed by atoms with Crippen LogP contribution in [-0.4, -0.2) is 41.9 Å². The zero-order valence-corrected chi connectivity index (χ0v) is 15.1. The van der Waals surface area contributed by atoms with Crippen LogP contribution >= 0.6 is 11.8 Å². The van der Waals surface area contributed by atoms with Gasteiger partial charge in [0.05, 0.1) is 0 Å². The summed E-state index contributed by atoms with van der Waals surface area (Å²) in [6.45, 7) is 2.31. The molecule has 0 spiro atoms.